The first kappa shape index (κ1) is 13.5. The lowest BCUT2D eigenvalue weighted by Gasteiger charge is -2.21. The van der Waals surface area contributed by atoms with Crippen LogP contribution in [-0.2, 0) is 0 Å². The molecule has 1 saturated heterocycles. The molecule has 1 aromatic heterocycles. The van der Waals surface area contributed by atoms with Crippen molar-refractivity contribution >= 4 is 10.9 Å². The van der Waals surface area contributed by atoms with Crippen molar-refractivity contribution in [3.05, 3.63) is 29.0 Å². The number of H-pyrrole nitrogens is 1. The fourth-order valence-corrected chi connectivity index (χ4v) is 3.48. The third-order valence-electron chi connectivity index (χ3n) is 4.80. The molecule has 108 valence electrons. The predicted molar refractivity (Wildman–Crippen MR) is 82.0 cm³/mol. The van der Waals surface area contributed by atoms with E-state index in [4.69, 9.17) is 5.73 Å². The summed E-state index contributed by atoms with van der Waals surface area (Å²) in [5.74, 6) is 0.952. The molecule has 4 heteroatoms. The van der Waals surface area contributed by atoms with Crippen LogP contribution in [0.4, 0.5) is 0 Å². The highest BCUT2D eigenvalue weighted by atomic mass is 16.3. The topological polar surface area (TPSA) is 65.3 Å². The number of rotatable bonds is 2. The lowest BCUT2D eigenvalue weighted by atomic mass is 9.97. The normalized spacial score (nSPS) is 23.8. The number of benzene rings is 1. The molecule has 1 fully saturated rings. The summed E-state index contributed by atoms with van der Waals surface area (Å²) in [6.07, 6.45) is 1.02. The van der Waals surface area contributed by atoms with Gasteiger partial charge >= 0.3 is 0 Å². The fourth-order valence-electron chi connectivity index (χ4n) is 3.48. The zero-order valence-electron chi connectivity index (χ0n) is 12.4. The molecule has 4 nitrogen and oxygen atoms in total. The monoisotopic (exact) mass is 273 g/mol. The molecule has 20 heavy (non-hydrogen) atoms. The fraction of sp³-hybridized carbons (Fsp3) is 0.500. The number of aromatic hydroxyl groups is 1. The molecule has 2 atom stereocenters. The van der Waals surface area contributed by atoms with Crippen LogP contribution in [0.15, 0.2) is 12.1 Å². The molecule has 0 radical (unpaired) electrons. The van der Waals surface area contributed by atoms with Gasteiger partial charge in [0.1, 0.15) is 5.75 Å². The molecule has 0 aliphatic carbocycles. The second kappa shape index (κ2) is 4.79. The summed E-state index contributed by atoms with van der Waals surface area (Å²) in [6.45, 7) is 5.81. The SMILES string of the molecule is Cc1[nH]c2ccc(C3CC(CN)CN3C)c(O)c2c1C. The number of likely N-dealkylation sites (tertiary alicyclic amines) is 1. The summed E-state index contributed by atoms with van der Waals surface area (Å²) in [7, 11) is 2.11. The van der Waals surface area contributed by atoms with Gasteiger partial charge in [-0.15, -0.1) is 0 Å². The first-order valence-electron chi connectivity index (χ1n) is 7.24. The van der Waals surface area contributed by atoms with E-state index in [1.165, 1.54) is 0 Å². The highest BCUT2D eigenvalue weighted by Gasteiger charge is 2.32. The van der Waals surface area contributed by atoms with Crippen molar-refractivity contribution in [1.82, 2.24) is 9.88 Å². The zero-order valence-corrected chi connectivity index (χ0v) is 12.4. The van der Waals surface area contributed by atoms with Gasteiger partial charge in [-0.25, -0.2) is 0 Å². The number of phenolic OH excluding ortho intramolecular Hbond substituents is 1. The first-order chi connectivity index (χ1) is 9.52. The van der Waals surface area contributed by atoms with Crippen molar-refractivity contribution in [2.75, 3.05) is 20.1 Å². The Labute approximate surface area is 119 Å². The van der Waals surface area contributed by atoms with Gasteiger partial charge in [-0.2, -0.15) is 0 Å². The van der Waals surface area contributed by atoms with Crippen molar-refractivity contribution in [3.8, 4) is 5.75 Å². The van der Waals surface area contributed by atoms with E-state index in [1.807, 2.05) is 13.0 Å². The third kappa shape index (κ3) is 1.91. The number of aromatic nitrogens is 1. The highest BCUT2D eigenvalue weighted by Crippen LogP contribution is 2.42. The molecular formula is C16H23N3O. The number of nitrogens with zero attached hydrogens (tertiary/aromatic N) is 1. The van der Waals surface area contributed by atoms with Crippen LogP contribution in [0.5, 0.6) is 5.75 Å². The molecule has 0 spiro atoms. The quantitative estimate of drug-likeness (QED) is 0.787. The maximum atomic E-state index is 10.7. The van der Waals surface area contributed by atoms with E-state index < -0.39 is 0 Å². The Morgan fingerprint density at radius 3 is 2.80 bits per heavy atom. The van der Waals surface area contributed by atoms with Gasteiger partial charge in [0, 0.05) is 34.7 Å². The van der Waals surface area contributed by atoms with E-state index in [2.05, 4.69) is 29.9 Å². The van der Waals surface area contributed by atoms with E-state index >= 15 is 0 Å². The van der Waals surface area contributed by atoms with E-state index in [9.17, 15) is 5.11 Å². The van der Waals surface area contributed by atoms with Crippen LogP contribution in [0, 0.1) is 19.8 Å². The summed E-state index contributed by atoms with van der Waals surface area (Å²) in [4.78, 5) is 5.62. The number of hydrogen-bond acceptors (Lipinski definition) is 3. The maximum absolute atomic E-state index is 10.7. The zero-order chi connectivity index (χ0) is 14.4. The summed E-state index contributed by atoms with van der Waals surface area (Å²) >= 11 is 0. The van der Waals surface area contributed by atoms with Crippen molar-refractivity contribution in [2.24, 2.45) is 11.7 Å². The van der Waals surface area contributed by atoms with Crippen LogP contribution in [0.25, 0.3) is 10.9 Å². The lowest BCUT2D eigenvalue weighted by Crippen LogP contribution is -2.20. The summed E-state index contributed by atoms with van der Waals surface area (Å²) in [5, 5.41) is 11.7. The minimum atomic E-state index is 0.266. The van der Waals surface area contributed by atoms with Crippen LogP contribution < -0.4 is 5.73 Å². The van der Waals surface area contributed by atoms with E-state index in [0.29, 0.717) is 18.2 Å². The van der Waals surface area contributed by atoms with Gasteiger partial charge in [0.05, 0.1) is 0 Å². The minimum absolute atomic E-state index is 0.266. The summed E-state index contributed by atoms with van der Waals surface area (Å²) < 4.78 is 0. The average Bonchev–Trinajstić information content (AvgIpc) is 2.92. The van der Waals surface area contributed by atoms with Crippen LogP contribution in [0.2, 0.25) is 0 Å². The second-order valence-electron chi connectivity index (χ2n) is 6.09. The third-order valence-corrected chi connectivity index (χ3v) is 4.80. The molecular weight excluding hydrogens is 250 g/mol. The Hall–Kier alpha value is -1.52. The number of nitrogens with two attached hydrogens (primary N) is 1. The Morgan fingerprint density at radius 1 is 1.40 bits per heavy atom. The molecule has 2 unspecified atom stereocenters. The molecule has 0 saturated carbocycles. The average molecular weight is 273 g/mol. The van der Waals surface area contributed by atoms with Crippen molar-refractivity contribution in [2.45, 2.75) is 26.3 Å². The van der Waals surface area contributed by atoms with Crippen molar-refractivity contribution < 1.29 is 5.11 Å². The molecule has 0 amide bonds. The van der Waals surface area contributed by atoms with Crippen molar-refractivity contribution in [1.29, 1.82) is 0 Å². The number of aryl methyl sites for hydroxylation is 2. The molecule has 2 aromatic rings. The maximum Gasteiger partial charge on any atom is 0.130 e. The van der Waals surface area contributed by atoms with Gasteiger partial charge in [0.25, 0.3) is 0 Å². The van der Waals surface area contributed by atoms with Gasteiger partial charge in [0.15, 0.2) is 0 Å². The molecule has 0 bridgehead atoms. The predicted octanol–water partition coefficient (Wildman–Crippen LogP) is 2.44. The standard InChI is InChI=1S/C16H23N3O/c1-9-10(2)18-13-5-4-12(16(20)15(9)13)14-6-11(7-17)8-19(14)3/h4-5,11,14,18,20H,6-8,17H2,1-3H3. The van der Waals surface area contributed by atoms with Crippen LogP contribution >= 0.6 is 0 Å². The molecule has 4 N–H and O–H groups in total. The van der Waals surface area contributed by atoms with Gasteiger partial charge in [-0.05, 0) is 51.4 Å². The molecule has 1 aromatic carbocycles. The number of fused-ring (bicyclic) bond motifs is 1. The van der Waals surface area contributed by atoms with E-state index in [0.717, 1.165) is 40.7 Å². The summed E-state index contributed by atoms with van der Waals surface area (Å²) in [5.41, 5.74) is 10.1. The van der Waals surface area contributed by atoms with Gasteiger partial charge in [-0.1, -0.05) is 6.07 Å². The summed E-state index contributed by atoms with van der Waals surface area (Å²) in [6, 6.07) is 4.39. The lowest BCUT2D eigenvalue weighted by molar-refractivity contribution is 0.306. The Kier molecular flexibility index (Phi) is 3.22. The Bertz CT molecular complexity index is 647. The molecule has 3 rings (SSSR count). The Morgan fingerprint density at radius 2 is 2.15 bits per heavy atom. The van der Waals surface area contributed by atoms with E-state index in [1.54, 1.807) is 0 Å². The molecule has 1 aliphatic heterocycles. The van der Waals surface area contributed by atoms with E-state index in [-0.39, 0.29) is 6.04 Å². The van der Waals surface area contributed by atoms with Crippen LogP contribution in [0.1, 0.15) is 29.3 Å². The van der Waals surface area contributed by atoms with Crippen LogP contribution in [0.3, 0.4) is 0 Å². The van der Waals surface area contributed by atoms with Gasteiger partial charge in [0.2, 0.25) is 0 Å². The second-order valence-corrected chi connectivity index (χ2v) is 6.09. The molecule has 1 aliphatic rings. The largest absolute Gasteiger partial charge is 0.507 e. The molecule has 2 heterocycles. The van der Waals surface area contributed by atoms with Gasteiger partial charge in [-0.3, -0.25) is 4.90 Å². The number of aromatic amines is 1. The number of phenols is 1. The van der Waals surface area contributed by atoms with Crippen LogP contribution in [-0.4, -0.2) is 35.1 Å². The highest BCUT2D eigenvalue weighted by molar-refractivity contribution is 5.91. The van der Waals surface area contributed by atoms with Crippen molar-refractivity contribution in [3.63, 3.8) is 0 Å². The Balaban J connectivity index is 2.09. The minimum Gasteiger partial charge on any atom is -0.507 e. The number of nitrogens with one attached hydrogen (secondary N) is 1. The van der Waals surface area contributed by atoms with Gasteiger partial charge < -0.3 is 15.8 Å². The number of hydrogen-bond donors (Lipinski definition) is 3. The smallest absolute Gasteiger partial charge is 0.130 e. The first-order valence-corrected chi connectivity index (χ1v) is 7.24.